The molecule has 1 aromatic rings. The number of carbonyl (C=O) groups is 4. The molecule has 2 aliphatic heterocycles. The summed E-state index contributed by atoms with van der Waals surface area (Å²) < 4.78 is 19.0. The lowest BCUT2D eigenvalue weighted by Crippen LogP contribution is -2.48. The van der Waals surface area contributed by atoms with Crippen molar-refractivity contribution in [2.75, 3.05) is 20.2 Å². The van der Waals surface area contributed by atoms with Crippen LogP contribution in [0, 0.1) is 5.82 Å². The second-order valence-electron chi connectivity index (χ2n) is 7.95. The van der Waals surface area contributed by atoms with Crippen LogP contribution in [0.5, 0.6) is 0 Å². The number of amides is 3. The molecule has 162 valence electrons. The lowest BCUT2D eigenvalue weighted by Gasteiger charge is -2.37. The number of esters is 1. The molecule has 8 heteroatoms. The molecule has 0 spiro atoms. The second-order valence-corrected chi connectivity index (χ2v) is 7.95. The first kappa shape index (κ1) is 21.9. The van der Waals surface area contributed by atoms with E-state index in [1.165, 1.54) is 25.2 Å². The topological polar surface area (TPSA) is 84.0 Å². The van der Waals surface area contributed by atoms with E-state index >= 15 is 0 Å². The number of hydrogen-bond acceptors (Lipinski definition) is 5. The quantitative estimate of drug-likeness (QED) is 0.522. The minimum atomic E-state index is -1.43. The molecule has 2 heterocycles. The monoisotopic (exact) mass is 418 g/mol. The summed E-state index contributed by atoms with van der Waals surface area (Å²) in [5.41, 5.74) is -1.12. The van der Waals surface area contributed by atoms with Gasteiger partial charge in [0, 0.05) is 32.5 Å². The Balaban J connectivity index is 1.89. The van der Waals surface area contributed by atoms with Crippen molar-refractivity contribution >= 4 is 23.7 Å². The molecule has 0 aromatic heterocycles. The van der Waals surface area contributed by atoms with Gasteiger partial charge >= 0.3 is 5.97 Å². The van der Waals surface area contributed by atoms with Crippen molar-refractivity contribution < 1.29 is 28.3 Å². The summed E-state index contributed by atoms with van der Waals surface area (Å²) in [7, 11) is 1.38. The Morgan fingerprint density at radius 1 is 1.27 bits per heavy atom. The highest BCUT2D eigenvalue weighted by molar-refractivity contribution is 6.10. The Kier molecular flexibility index (Phi) is 6.53. The molecule has 3 amide bonds. The summed E-state index contributed by atoms with van der Waals surface area (Å²) in [6, 6.07) is 5.21. The van der Waals surface area contributed by atoms with Crippen LogP contribution in [-0.4, -0.2) is 59.7 Å². The van der Waals surface area contributed by atoms with Gasteiger partial charge in [-0.3, -0.25) is 24.1 Å². The molecule has 7 nitrogen and oxygen atoms in total. The van der Waals surface area contributed by atoms with Gasteiger partial charge in [0.25, 0.3) is 0 Å². The average molecular weight is 418 g/mol. The lowest BCUT2D eigenvalue weighted by atomic mass is 9.75. The molecule has 0 bridgehead atoms. The highest BCUT2D eigenvalue weighted by Crippen LogP contribution is 2.40. The van der Waals surface area contributed by atoms with Crippen LogP contribution in [0.25, 0.3) is 0 Å². The third kappa shape index (κ3) is 4.22. The van der Waals surface area contributed by atoms with E-state index in [9.17, 15) is 23.6 Å². The standard InChI is InChI=1S/C22H27FN2O5/c1-3-30-20(28)12-17-9-4-5-10-25(17)19(27)14-22(13-18(26)24(2)21(22)29)15-7-6-8-16(23)11-15/h6-8,11,17H,3-5,9-10,12-14H2,1-2H3/t17-,22+/m1/s1. The molecule has 2 atom stereocenters. The van der Waals surface area contributed by atoms with Crippen molar-refractivity contribution in [3.05, 3.63) is 35.6 Å². The Hall–Kier alpha value is -2.77. The van der Waals surface area contributed by atoms with Gasteiger partial charge in [-0.25, -0.2) is 4.39 Å². The average Bonchev–Trinajstić information content (AvgIpc) is 2.93. The fraction of sp³-hybridized carbons (Fsp3) is 0.545. The first-order valence-corrected chi connectivity index (χ1v) is 10.3. The van der Waals surface area contributed by atoms with E-state index in [2.05, 4.69) is 0 Å². The van der Waals surface area contributed by atoms with Gasteiger partial charge in [0.05, 0.1) is 18.4 Å². The number of rotatable bonds is 6. The summed E-state index contributed by atoms with van der Waals surface area (Å²) in [5.74, 6) is -2.13. The molecule has 30 heavy (non-hydrogen) atoms. The van der Waals surface area contributed by atoms with Crippen LogP contribution in [-0.2, 0) is 29.3 Å². The van der Waals surface area contributed by atoms with Crippen LogP contribution in [0.15, 0.2) is 24.3 Å². The smallest absolute Gasteiger partial charge is 0.307 e. The summed E-state index contributed by atoms with van der Waals surface area (Å²) in [6.45, 7) is 2.47. The molecule has 0 unspecified atom stereocenters. The SMILES string of the molecule is CCOC(=O)C[C@H]1CCCCN1C(=O)C[C@]1(c2cccc(F)c2)CC(=O)N(C)C1=O. The zero-order valence-corrected chi connectivity index (χ0v) is 17.4. The van der Waals surface area contributed by atoms with Crippen molar-refractivity contribution in [1.82, 2.24) is 9.80 Å². The van der Waals surface area contributed by atoms with Crippen molar-refractivity contribution in [3.8, 4) is 0 Å². The van der Waals surface area contributed by atoms with Crippen LogP contribution in [0.2, 0.25) is 0 Å². The third-order valence-electron chi connectivity index (χ3n) is 6.03. The molecule has 0 saturated carbocycles. The first-order valence-electron chi connectivity index (χ1n) is 10.3. The van der Waals surface area contributed by atoms with Gasteiger partial charge < -0.3 is 9.64 Å². The van der Waals surface area contributed by atoms with E-state index < -0.39 is 23.0 Å². The van der Waals surface area contributed by atoms with E-state index in [0.717, 1.165) is 17.7 Å². The van der Waals surface area contributed by atoms with Crippen molar-refractivity contribution in [3.63, 3.8) is 0 Å². The molecule has 0 aliphatic carbocycles. The molecule has 2 saturated heterocycles. The summed E-state index contributed by atoms with van der Waals surface area (Å²) >= 11 is 0. The Labute approximate surface area is 175 Å². The van der Waals surface area contributed by atoms with E-state index in [0.29, 0.717) is 18.5 Å². The minimum Gasteiger partial charge on any atom is -0.466 e. The minimum absolute atomic E-state index is 0.0966. The van der Waals surface area contributed by atoms with Crippen molar-refractivity contribution in [1.29, 1.82) is 0 Å². The molecule has 3 rings (SSSR count). The first-order chi connectivity index (χ1) is 14.3. The van der Waals surface area contributed by atoms with E-state index in [4.69, 9.17) is 4.74 Å². The number of likely N-dealkylation sites (tertiary alicyclic amines) is 2. The highest BCUT2D eigenvalue weighted by atomic mass is 19.1. The van der Waals surface area contributed by atoms with E-state index in [1.807, 2.05) is 0 Å². The van der Waals surface area contributed by atoms with Crippen LogP contribution in [0.4, 0.5) is 4.39 Å². The number of ether oxygens (including phenoxy) is 1. The van der Waals surface area contributed by atoms with Crippen molar-refractivity contribution in [2.45, 2.75) is 56.9 Å². The van der Waals surface area contributed by atoms with Gasteiger partial charge in [0.1, 0.15) is 5.82 Å². The predicted octanol–water partition coefficient (Wildman–Crippen LogP) is 2.18. The Morgan fingerprint density at radius 2 is 2.03 bits per heavy atom. The molecular weight excluding hydrogens is 391 g/mol. The van der Waals surface area contributed by atoms with Gasteiger partial charge in [-0.1, -0.05) is 12.1 Å². The van der Waals surface area contributed by atoms with Crippen LogP contribution < -0.4 is 0 Å². The Bertz CT molecular complexity index is 858. The lowest BCUT2D eigenvalue weighted by molar-refractivity contribution is -0.148. The highest BCUT2D eigenvalue weighted by Gasteiger charge is 2.53. The number of imide groups is 1. The number of hydrogen-bond donors (Lipinski definition) is 0. The fourth-order valence-corrected chi connectivity index (χ4v) is 4.45. The van der Waals surface area contributed by atoms with Crippen LogP contribution in [0.1, 0.15) is 51.0 Å². The normalized spacial score (nSPS) is 24.3. The number of likely N-dealkylation sites (N-methyl/N-ethyl adjacent to an activating group) is 1. The molecule has 0 radical (unpaired) electrons. The Morgan fingerprint density at radius 3 is 2.67 bits per heavy atom. The number of benzene rings is 1. The third-order valence-corrected chi connectivity index (χ3v) is 6.03. The number of halogens is 1. The fourth-order valence-electron chi connectivity index (χ4n) is 4.45. The van der Waals surface area contributed by atoms with Crippen molar-refractivity contribution in [2.24, 2.45) is 0 Å². The number of piperidine rings is 1. The largest absolute Gasteiger partial charge is 0.466 e. The van der Waals surface area contributed by atoms with Gasteiger partial charge in [0.15, 0.2) is 0 Å². The summed E-state index contributed by atoms with van der Waals surface area (Å²) in [4.78, 5) is 53.3. The van der Waals surface area contributed by atoms with Gasteiger partial charge in [-0.15, -0.1) is 0 Å². The van der Waals surface area contributed by atoms with Gasteiger partial charge in [-0.2, -0.15) is 0 Å². The van der Waals surface area contributed by atoms with Gasteiger partial charge in [-0.05, 0) is 43.9 Å². The molecule has 0 N–H and O–H groups in total. The molecule has 2 aliphatic rings. The van der Waals surface area contributed by atoms with E-state index in [1.54, 1.807) is 17.9 Å². The number of nitrogens with zero attached hydrogens (tertiary/aromatic N) is 2. The summed E-state index contributed by atoms with van der Waals surface area (Å²) in [5, 5.41) is 0. The van der Waals surface area contributed by atoms with Gasteiger partial charge in [0.2, 0.25) is 17.7 Å². The molecular formula is C22H27FN2O5. The maximum absolute atomic E-state index is 13.9. The summed E-state index contributed by atoms with van der Waals surface area (Å²) in [6.07, 6.45) is 2.02. The second kappa shape index (κ2) is 8.93. The van der Waals surface area contributed by atoms with Crippen LogP contribution in [0.3, 0.4) is 0 Å². The number of carbonyl (C=O) groups excluding carboxylic acids is 4. The zero-order valence-electron chi connectivity index (χ0n) is 17.4. The molecule has 1 aromatic carbocycles. The van der Waals surface area contributed by atoms with E-state index in [-0.39, 0.29) is 43.8 Å². The predicted molar refractivity (Wildman–Crippen MR) is 106 cm³/mol. The molecule has 2 fully saturated rings. The van der Waals surface area contributed by atoms with Crippen LogP contribution >= 0.6 is 0 Å². The zero-order chi connectivity index (χ0) is 21.9. The maximum atomic E-state index is 13.9. The maximum Gasteiger partial charge on any atom is 0.307 e.